The summed E-state index contributed by atoms with van der Waals surface area (Å²) in [5, 5.41) is 3.06. The lowest BCUT2D eigenvalue weighted by Crippen LogP contribution is -2.46. The third-order valence-electron chi connectivity index (χ3n) is 6.64. The van der Waals surface area contributed by atoms with E-state index in [9.17, 15) is 9.59 Å². The van der Waals surface area contributed by atoms with E-state index in [1.54, 1.807) is 19.0 Å². The van der Waals surface area contributed by atoms with Crippen molar-refractivity contribution in [2.45, 2.75) is 19.4 Å². The number of hydrogen-bond acceptors (Lipinski definition) is 4. The zero-order valence-electron chi connectivity index (χ0n) is 19.7. The van der Waals surface area contributed by atoms with Gasteiger partial charge in [-0.3, -0.25) is 9.69 Å². The minimum atomic E-state index is -0.0476. The SMILES string of the molecule is CN(C)C(=O)N1CCC(C(=O)Nc2ccc(N3CCN(Cc4ccccc4)CC3)cc2)CC1. The third-order valence-corrected chi connectivity index (χ3v) is 6.64. The molecule has 0 unspecified atom stereocenters. The number of likely N-dealkylation sites (tertiary alicyclic amines) is 1. The molecule has 0 atom stereocenters. The molecule has 33 heavy (non-hydrogen) atoms. The molecule has 2 heterocycles. The van der Waals surface area contributed by atoms with Crippen LogP contribution in [-0.2, 0) is 11.3 Å². The Hall–Kier alpha value is -3.06. The van der Waals surface area contributed by atoms with Crippen molar-refractivity contribution in [2.24, 2.45) is 5.92 Å². The lowest BCUT2D eigenvalue weighted by Gasteiger charge is -2.36. The highest BCUT2D eigenvalue weighted by Gasteiger charge is 2.28. The van der Waals surface area contributed by atoms with Crippen LogP contribution >= 0.6 is 0 Å². The second-order valence-electron chi connectivity index (χ2n) is 9.22. The van der Waals surface area contributed by atoms with Gasteiger partial charge in [0.2, 0.25) is 5.91 Å². The van der Waals surface area contributed by atoms with Crippen molar-refractivity contribution in [3.8, 4) is 0 Å². The van der Waals surface area contributed by atoms with Crippen molar-refractivity contribution in [1.29, 1.82) is 0 Å². The Morgan fingerprint density at radius 1 is 0.879 bits per heavy atom. The zero-order chi connectivity index (χ0) is 23.2. The molecule has 2 aliphatic rings. The summed E-state index contributed by atoms with van der Waals surface area (Å²) in [7, 11) is 3.52. The number of piperidine rings is 1. The largest absolute Gasteiger partial charge is 0.369 e. The number of rotatable bonds is 5. The van der Waals surface area contributed by atoms with E-state index in [4.69, 9.17) is 0 Å². The van der Waals surface area contributed by atoms with Gasteiger partial charge in [0, 0.05) is 77.2 Å². The first-order valence-corrected chi connectivity index (χ1v) is 11.9. The van der Waals surface area contributed by atoms with E-state index in [1.807, 2.05) is 17.0 Å². The number of nitrogens with one attached hydrogen (secondary N) is 1. The second-order valence-corrected chi connectivity index (χ2v) is 9.22. The second kappa shape index (κ2) is 10.7. The van der Waals surface area contributed by atoms with E-state index < -0.39 is 0 Å². The highest BCUT2D eigenvalue weighted by atomic mass is 16.2. The molecule has 4 rings (SSSR count). The van der Waals surface area contributed by atoms with Crippen LogP contribution in [0.3, 0.4) is 0 Å². The maximum Gasteiger partial charge on any atom is 0.319 e. The molecule has 7 heteroatoms. The predicted molar refractivity (Wildman–Crippen MR) is 132 cm³/mol. The zero-order valence-corrected chi connectivity index (χ0v) is 19.7. The van der Waals surface area contributed by atoms with E-state index >= 15 is 0 Å². The van der Waals surface area contributed by atoms with Crippen LogP contribution < -0.4 is 10.2 Å². The lowest BCUT2D eigenvalue weighted by molar-refractivity contribution is -0.121. The summed E-state index contributed by atoms with van der Waals surface area (Å²) in [6.45, 7) is 6.35. The van der Waals surface area contributed by atoms with E-state index in [2.05, 4.69) is 57.6 Å². The molecule has 2 fully saturated rings. The van der Waals surface area contributed by atoms with Gasteiger partial charge in [-0.05, 0) is 42.7 Å². The van der Waals surface area contributed by atoms with Crippen molar-refractivity contribution >= 4 is 23.3 Å². The van der Waals surface area contributed by atoms with Gasteiger partial charge in [-0.25, -0.2) is 4.79 Å². The maximum absolute atomic E-state index is 12.7. The number of piperazine rings is 1. The third kappa shape index (κ3) is 6.05. The Kier molecular flexibility index (Phi) is 7.50. The van der Waals surface area contributed by atoms with Crippen LogP contribution in [0.4, 0.5) is 16.2 Å². The molecule has 0 aliphatic carbocycles. The average molecular weight is 450 g/mol. The number of carbonyl (C=O) groups excluding carboxylic acids is 2. The number of anilines is 2. The molecule has 1 N–H and O–H groups in total. The normalized spacial score (nSPS) is 17.6. The van der Waals surface area contributed by atoms with E-state index in [0.29, 0.717) is 25.9 Å². The van der Waals surface area contributed by atoms with Crippen molar-refractivity contribution in [3.05, 3.63) is 60.2 Å². The smallest absolute Gasteiger partial charge is 0.319 e. The monoisotopic (exact) mass is 449 g/mol. The molecule has 0 aromatic heterocycles. The van der Waals surface area contributed by atoms with Crippen LogP contribution in [0.25, 0.3) is 0 Å². The molecule has 0 spiro atoms. The van der Waals surface area contributed by atoms with Gasteiger partial charge in [0.1, 0.15) is 0 Å². The highest BCUT2D eigenvalue weighted by Crippen LogP contribution is 2.23. The van der Waals surface area contributed by atoms with Gasteiger partial charge in [-0.15, -0.1) is 0 Å². The van der Waals surface area contributed by atoms with E-state index in [-0.39, 0.29) is 17.9 Å². The summed E-state index contributed by atoms with van der Waals surface area (Å²) in [6, 6.07) is 18.8. The first-order chi connectivity index (χ1) is 16.0. The van der Waals surface area contributed by atoms with Crippen molar-refractivity contribution in [2.75, 3.05) is 63.6 Å². The highest BCUT2D eigenvalue weighted by molar-refractivity contribution is 5.93. The fraction of sp³-hybridized carbons (Fsp3) is 0.462. The molecule has 0 saturated carbocycles. The van der Waals surface area contributed by atoms with Crippen LogP contribution in [-0.4, -0.2) is 80.0 Å². The Balaban J connectivity index is 1.23. The van der Waals surface area contributed by atoms with E-state index in [0.717, 1.165) is 38.4 Å². The number of carbonyl (C=O) groups is 2. The van der Waals surface area contributed by atoms with Gasteiger partial charge in [-0.1, -0.05) is 30.3 Å². The Morgan fingerprint density at radius 3 is 2.12 bits per heavy atom. The quantitative estimate of drug-likeness (QED) is 0.761. The maximum atomic E-state index is 12.7. The minimum absolute atomic E-state index is 0.0188. The van der Waals surface area contributed by atoms with Crippen molar-refractivity contribution in [3.63, 3.8) is 0 Å². The first kappa shape index (κ1) is 23.1. The minimum Gasteiger partial charge on any atom is -0.369 e. The number of benzene rings is 2. The lowest BCUT2D eigenvalue weighted by atomic mass is 9.96. The van der Waals surface area contributed by atoms with Gasteiger partial charge in [0.15, 0.2) is 0 Å². The van der Waals surface area contributed by atoms with Crippen LogP contribution in [0.1, 0.15) is 18.4 Å². The molecular formula is C26H35N5O2. The summed E-state index contributed by atoms with van der Waals surface area (Å²) in [5.41, 5.74) is 3.39. The van der Waals surface area contributed by atoms with Crippen LogP contribution in [0.2, 0.25) is 0 Å². The summed E-state index contributed by atoms with van der Waals surface area (Å²) >= 11 is 0. The number of urea groups is 1. The number of amides is 3. The van der Waals surface area contributed by atoms with Crippen molar-refractivity contribution < 1.29 is 9.59 Å². The topological polar surface area (TPSA) is 59.1 Å². The summed E-state index contributed by atoms with van der Waals surface area (Å²) in [4.78, 5) is 33.1. The molecular weight excluding hydrogens is 414 g/mol. The summed E-state index contributed by atoms with van der Waals surface area (Å²) in [5.74, 6) is 0.00260. The Bertz CT molecular complexity index is 915. The van der Waals surface area contributed by atoms with E-state index in [1.165, 1.54) is 11.3 Å². The molecule has 176 valence electrons. The van der Waals surface area contributed by atoms with Crippen molar-refractivity contribution in [1.82, 2.24) is 14.7 Å². The number of hydrogen-bond donors (Lipinski definition) is 1. The molecule has 3 amide bonds. The molecule has 0 radical (unpaired) electrons. The molecule has 0 bridgehead atoms. The molecule has 2 saturated heterocycles. The summed E-state index contributed by atoms with van der Waals surface area (Å²) < 4.78 is 0. The van der Waals surface area contributed by atoms with Gasteiger partial charge >= 0.3 is 6.03 Å². The Labute approximate surface area is 196 Å². The standard InChI is InChI=1S/C26H35N5O2/c1-28(2)26(33)31-14-12-22(13-15-31)25(32)27-23-8-10-24(11-9-23)30-18-16-29(17-19-30)20-21-6-4-3-5-7-21/h3-11,22H,12-20H2,1-2H3,(H,27,32). The molecule has 2 aliphatic heterocycles. The fourth-order valence-corrected chi connectivity index (χ4v) is 4.62. The molecule has 7 nitrogen and oxygen atoms in total. The predicted octanol–water partition coefficient (Wildman–Crippen LogP) is 3.34. The summed E-state index contributed by atoms with van der Waals surface area (Å²) in [6.07, 6.45) is 1.41. The van der Waals surface area contributed by atoms with Gasteiger partial charge < -0.3 is 20.0 Å². The van der Waals surface area contributed by atoms with Crippen LogP contribution in [0, 0.1) is 5.92 Å². The van der Waals surface area contributed by atoms with Crippen LogP contribution in [0.15, 0.2) is 54.6 Å². The first-order valence-electron chi connectivity index (χ1n) is 11.9. The van der Waals surface area contributed by atoms with Crippen LogP contribution in [0.5, 0.6) is 0 Å². The Morgan fingerprint density at radius 2 is 1.52 bits per heavy atom. The van der Waals surface area contributed by atoms with Gasteiger partial charge in [0.05, 0.1) is 0 Å². The van der Waals surface area contributed by atoms with Gasteiger partial charge in [0.25, 0.3) is 0 Å². The fourth-order valence-electron chi connectivity index (χ4n) is 4.62. The molecule has 2 aromatic carbocycles. The molecule has 2 aromatic rings. The number of nitrogens with zero attached hydrogens (tertiary/aromatic N) is 4. The average Bonchev–Trinajstić information content (AvgIpc) is 2.85. The van der Waals surface area contributed by atoms with Gasteiger partial charge in [-0.2, -0.15) is 0 Å².